The molecule has 82 valence electrons. The smallest absolute Gasteiger partial charge is 0.136 e. The predicted molar refractivity (Wildman–Crippen MR) is 57.9 cm³/mol. The molecule has 2 heterocycles. The molecule has 0 unspecified atom stereocenters. The minimum absolute atomic E-state index is 0.636. The van der Waals surface area contributed by atoms with E-state index in [0.29, 0.717) is 12.0 Å². The van der Waals surface area contributed by atoms with Crippen LogP contribution < -0.4 is 5.32 Å². The molecule has 4 nitrogen and oxygen atoms in total. The first-order valence-electron chi connectivity index (χ1n) is 5.98. The normalized spacial score (nSPS) is 23.3. The predicted octanol–water partition coefficient (Wildman–Crippen LogP) is 1.39. The van der Waals surface area contributed by atoms with Crippen molar-refractivity contribution in [1.29, 1.82) is 0 Å². The summed E-state index contributed by atoms with van der Waals surface area (Å²) in [5.74, 6) is 3.06. The highest BCUT2D eigenvalue weighted by molar-refractivity contribution is 5.09. The third-order valence-electron chi connectivity index (χ3n) is 3.51. The third kappa shape index (κ3) is 1.67. The molecule has 1 saturated carbocycles. The molecule has 2 fully saturated rings. The number of hydrogen-bond acceptors (Lipinski definition) is 3. The van der Waals surface area contributed by atoms with Crippen LogP contribution in [0.5, 0.6) is 0 Å². The summed E-state index contributed by atoms with van der Waals surface area (Å²) in [7, 11) is 0. The van der Waals surface area contributed by atoms with Crippen LogP contribution in [-0.4, -0.2) is 27.9 Å². The van der Waals surface area contributed by atoms with Crippen LogP contribution in [0.4, 0.5) is 0 Å². The van der Waals surface area contributed by atoms with E-state index in [1.807, 2.05) is 0 Å². The number of nitrogens with one attached hydrogen (secondary N) is 1. The van der Waals surface area contributed by atoms with Crippen molar-refractivity contribution in [1.82, 2.24) is 20.1 Å². The fourth-order valence-electron chi connectivity index (χ4n) is 2.52. The van der Waals surface area contributed by atoms with Crippen LogP contribution in [0.3, 0.4) is 0 Å². The van der Waals surface area contributed by atoms with Gasteiger partial charge in [0, 0.05) is 12.0 Å². The fraction of sp³-hybridized carbons (Fsp3) is 0.818. The first kappa shape index (κ1) is 9.33. The van der Waals surface area contributed by atoms with Gasteiger partial charge in [-0.05, 0) is 45.7 Å². The highest BCUT2D eigenvalue weighted by atomic mass is 15.3. The minimum Gasteiger partial charge on any atom is -0.317 e. The number of aromatic nitrogens is 3. The first-order chi connectivity index (χ1) is 7.36. The quantitative estimate of drug-likeness (QED) is 0.795. The summed E-state index contributed by atoms with van der Waals surface area (Å²) < 4.78 is 2.40. The van der Waals surface area contributed by atoms with E-state index in [0.717, 1.165) is 18.9 Å². The van der Waals surface area contributed by atoms with Crippen LogP contribution in [0.25, 0.3) is 0 Å². The van der Waals surface area contributed by atoms with Crippen LogP contribution >= 0.6 is 0 Å². The Balaban J connectivity index is 1.90. The Morgan fingerprint density at radius 2 is 1.87 bits per heavy atom. The molecule has 3 rings (SSSR count). The summed E-state index contributed by atoms with van der Waals surface area (Å²) in [5, 5.41) is 12.0. The minimum atomic E-state index is 0.636. The summed E-state index contributed by atoms with van der Waals surface area (Å²) in [4.78, 5) is 0. The van der Waals surface area contributed by atoms with Gasteiger partial charge < -0.3 is 9.88 Å². The van der Waals surface area contributed by atoms with Crippen LogP contribution in [0.2, 0.25) is 0 Å². The molecule has 0 radical (unpaired) electrons. The van der Waals surface area contributed by atoms with Crippen molar-refractivity contribution in [2.24, 2.45) is 0 Å². The fourth-order valence-corrected chi connectivity index (χ4v) is 2.52. The van der Waals surface area contributed by atoms with Crippen molar-refractivity contribution in [2.75, 3.05) is 13.1 Å². The van der Waals surface area contributed by atoms with Gasteiger partial charge in [0.05, 0.1) is 0 Å². The van der Waals surface area contributed by atoms with Crippen molar-refractivity contribution in [3.8, 4) is 0 Å². The maximum absolute atomic E-state index is 4.35. The molecule has 1 aliphatic heterocycles. The van der Waals surface area contributed by atoms with Gasteiger partial charge in [-0.1, -0.05) is 0 Å². The summed E-state index contributed by atoms with van der Waals surface area (Å²) in [6, 6.07) is 0.636. The Hall–Kier alpha value is -0.900. The Bertz CT molecular complexity index is 347. The molecule has 1 N–H and O–H groups in total. The second-order valence-electron chi connectivity index (χ2n) is 4.73. The second kappa shape index (κ2) is 3.59. The van der Waals surface area contributed by atoms with Gasteiger partial charge in [0.25, 0.3) is 0 Å². The van der Waals surface area contributed by atoms with Crippen molar-refractivity contribution in [3.05, 3.63) is 11.6 Å². The van der Waals surface area contributed by atoms with Crippen LogP contribution in [-0.2, 0) is 0 Å². The lowest BCUT2D eigenvalue weighted by Crippen LogP contribution is -2.30. The van der Waals surface area contributed by atoms with Gasteiger partial charge in [-0.25, -0.2) is 0 Å². The van der Waals surface area contributed by atoms with E-state index in [9.17, 15) is 0 Å². The lowest BCUT2D eigenvalue weighted by atomic mass is 10.1. The second-order valence-corrected chi connectivity index (χ2v) is 4.73. The lowest BCUT2D eigenvalue weighted by Gasteiger charge is -2.26. The topological polar surface area (TPSA) is 42.7 Å². The molecule has 1 aromatic heterocycles. The van der Waals surface area contributed by atoms with E-state index in [4.69, 9.17) is 0 Å². The lowest BCUT2D eigenvalue weighted by molar-refractivity contribution is 0.355. The van der Waals surface area contributed by atoms with Gasteiger partial charge in [-0.15, -0.1) is 10.2 Å². The number of aryl methyl sites for hydroxylation is 1. The Morgan fingerprint density at radius 1 is 1.13 bits per heavy atom. The van der Waals surface area contributed by atoms with E-state index in [1.165, 1.54) is 31.5 Å². The number of rotatable bonds is 2. The molecule has 1 aromatic rings. The van der Waals surface area contributed by atoms with Crippen molar-refractivity contribution in [2.45, 2.75) is 44.6 Å². The Kier molecular flexibility index (Phi) is 2.24. The summed E-state index contributed by atoms with van der Waals surface area (Å²) >= 11 is 0. The molecule has 2 aliphatic rings. The van der Waals surface area contributed by atoms with E-state index >= 15 is 0 Å². The zero-order valence-corrected chi connectivity index (χ0v) is 9.24. The Labute approximate surface area is 90.1 Å². The van der Waals surface area contributed by atoms with E-state index < -0.39 is 0 Å². The largest absolute Gasteiger partial charge is 0.317 e. The van der Waals surface area contributed by atoms with Gasteiger partial charge in [-0.3, -0.25) is 0 Å². The van der Waals surface area contributed by atoms with Gasteiger partial charge in [0.2, 0.25) is 0 Å². The highest BCUT2D eigenvalue weighted by Crippen LogP contribution is 2.40. The molecule has 0 amide bonds. The molecule has 4 heteroatoms. The van der Waals surface area contributed by atoms with Gasteiger partial charge in [-0.2, -0.15) is 0 Å². The Morgan fingerprint density at radius 3 is 2.53 bits per heavy atom. The summed E-state index contributed by atoms with van der Waals surface area (Å²) in [5.41, 5.74) is 0. The SMILES string of the molecule is Cc1nnc(C2CC2)n1C1CCNCC1. The van der Waals surface area contributed by atoms with Gasteiger partial charge in [0.1, 0.15) is 11.6 Å². The van der Waals surface area contributed by atoms with Gasteiger partial charge in [0.15, 0.2) is 0 Å². The molecular weight excluding hydrogens is 188 g/mol. The summed E-state index contributed by atoms with van der Waals surface area (Å²) in [6.07, 6.45) is 5.06. The molecule has 1 aliphatic carbocycles. The molecule has 1 saturated heterocycles. The third-order valence-corrected chi connectivity index (χ3v) is 3.51. The van der Waals surface area contributed by atoms with Crippen molar-refractivity contribution in [3.63, 3.8) is 0 Å². The van der Waals surface area contributed by atoms with Crippen molar-refractivity contribution < 1.29 is 0 Å². The maximum Gasteiger partial charge on any atom is 0.136 e. The molecule has 0 aromatic carbocycles. The van der Waals surface area contributed by atoms with Crippen LogP contribution in [0.1, 0.15) is 49.3 Å². The molecule has 0 spiro atoms. The zero-order chi connectivity index (χ0) is 10.3. The van der Waals surface area contributed by atoms with Crippen LogP contribution in [0, 0.1) is 6.92 Å². The molecular formula is C11H18N4. The monoisotopic (exact) mass is 206 g/mol. The number of piperidine rings is 1. The van der Waals surface area contributed by atoms with E-state index in [-0.39, 0.29) is 0 Å². The first-order valence-corrected chi connectivity index (χ1v) is 5.98. The van der Waals surface area contributed by atoms with Crippen molar-refractivity contribution >= 4 is 0 Å². The average molecular weight is 206 g/mol. The zero-order valence-electron chi connectivity index (χ0n) is 9.24. The average Bonchev–Trinajstić information content (AvgIpc) is 3.04. The number of nitrogens with zero attached hydrogens (tertiary/aromatic N) is 3. The number of hydrogen-bond donors (Lipinski definition) is 1. The highest BCUT2D eigenvalue weighted by Gasteiger charge is 2.32. The van der Waals surface area contributed by atoms with E-state index in [2.05, 4.69) is 27.0 Å². The molecule has 15 heavy (non-hydrogen) atoms. The molecule has 0 atom stereocenters. The summed E-state index contributed by atoms with van der Waals surface area (Å²) in [6.45, 7) is 4.35. The van der Waals surface area contributed by atoms with Crippen LogP contribution in [0.15, 0.2) is 0 Å². The van der Waals surface area contributed by atoms with Gasteiger partial charge >= 0.3 is 0 Å². The van der Waals surface area contributed by atoms with E-state index in [1.54, 1.807) is 0 Å². The standard InChI is InChI=1S/C11H18N4/c1-8-13-14-11(9-2-3-9)15(8)10-4-6-12-7-5-10/h9-10,12H,2-7H2,1H3. The molecule has 0 bridgehead atoms. The maximum atomic E-state index is 4.35.